The van der Waals surface area contributed by atoms with Crippen LogP contribution in [0.4, 0.5) is 11.4 Å². The molecule has 0 atom stereocenters. The number of benzene rings is 3. The number of nitriles is 1. The van der Waals surface area contributed by atoms with Crippen molar-refractivity contribution in [3.63, 3.8) is 0 Å². The Morgan fingerprint density at radius 2 is 1.86 bits per heavy atom. The molecule has 0 aliphatic rings. The number of carbonyl (C=O) groups is 1. The summed E-state index contributed by atoms with van der Waals surface area (Å²) in [6, 6.07) is 17.7. The average molecular weight is 373 g/mol. The molecule has 0 fully saturated rings. The molecule has 28 heavy (non-hydrogen) atoms. The molecule has 6 heteroatoms. The van der Waals surface area contributed by atoms with Crippen LogP contribution in [-0.4, -0.2) is 18.1 Å². The fourth-order valence-electron chi connectivity index (χ4n) is 2.83. The Balaban J connectivity index is 1.85. The van der Waals surface area contributed by atoms with E-state index in [-0.39, 0.29) is 11.3 Å². The van der Waals surface area contributed by atoms with Crippen LogP contribution in [0.5, 0.6) is 11.5 Å². The van der Waals surface area contributed by atoms with Gasteiger partial charge in [-0.15, -0.1) is 0 Å². The summed E-state index contributed by atoms with van der Waals surface area (Å²) in [5, 5.41) is 26.4. The molecule has 3 aromatic carbocycles. The Labute approximate surface area is 162 Å². The van der Waals surface area contributed by atoms with Gasteiger partial charge < -0.3 is 20.5 Å². The summed E-state index contributed by atoms with van der Waals surface area (Å²) in [4.78, 5) is 12.6. The molecule has 0 heterocycles. The normalized spacial score (nSPS) is 11.0. The zero-order valence-corrected chi connectivity index (χ0v) is 15.5. The van der Waals surface area contributed by atoms with Gasteiger partial charge in [-0.05, 0) is 36.8 Å². The van der Waals surface area contributed by atoms with Crippen LogP contribution in [0.3, 0.4) is 0 Å². The number of nitrogens with zero attached hydrogens (tertiary/aromatic N) is 1. The smallest absolute Gasteiger partial charge is 0.267 e. The first-order valence-electron chi connectivity index (χ1n) is 8.57. The Hall–Kier alpha value is -3.98. The van der Waals surface area contributed by atoms with Gasteiger partial charge in [0, 0.05) is 22.7 Å². The summed E-state index contributed by atoms with van der Waals surface area (Å²) < 4.78 is 5.28. The van der Waals surface area contributed by atoms with Gasteiger partial charge in [-0.3, -0.25) is 4.79 Å². The van der Waals surface area contributed by atoms with Gasteiger partial charge in [0.1, 0.15) is 23.1 Å². The Morgan fingerprint density at radius 3 is 2.61 bits per heavy atom. The summed E-state index contributed by atoms with van der Waals surface area (Å²) in [6.07, 6.45) is 1.34. The highest BCUT2D eigenvalue weighted by atomic mass is 16.5. The minimum atomic E-state index is -0.558. The molecular formula is C22H19N3O3. The van der Waals surface area contributed by atoms with Crippen LogP contribution in [0.2, 0.25) is 0 Å². The molecule has 140 valence electrons. The summed E-state index contributed by atoms with van der Waals surface area (Å²) in [7, 11) is 1.55. The number of aromatic hydroxyl groups is 1. The molecule has 0 unspecified atom stereocenters. The van der Waals surface area contributed by atoms with E-state index in [4.69, 9.17) is 4.74 Å². The number of carbonyl (C=O) groups excluding carboxylic acids is 1. The van der Waals surface area contributed by atoms with E-state index in [0.717, 1.165) is 5.56 Å². The number of fused-ring (bicyclic) bond motifs is 1. The van der Waals surface area contributed by atoms with Gasteiger partial charge in [-0.1, -0.05) is 30.3 Å². The number of amides is 1. The second-order valence-electron chi connectivity index (χ2n) is 6.15. The molecule has 6 nitrogen and oxygen atoms in total. The minimum Gasteiger partial charge on any atom is -0.507 e. The maximum atomic E-state index is 12.6. The lowest BCUT2D eigenvalue weighted by atomic mass is 10.1. The van der Waals surface area contributed by atoms with Gasteiger partial charge in [0.2, 0.25) is 0 Å². The Morgan fingerprint density at radius 1 is 1.11 bits per heavy atom. The maximum Gasteiger partial charge on any atom is 0.267 e. The molecule has 1 amide bonds. The van der Waals surface area contributed by atoms with Gasteiger partial charge in [0.25, 0.3) is 5.91 Å². The third kappa shape index (κ3) is 3.89. The van der Waals surface area contributed by atoms with E-state index in [1.54, 1.807) is 49.6 Å². The van der Waals surface area contributed by atoms with Crippen molar-refractivity contribution in [2.45, 2.75) is 6.92 Å². The van der Waals surface area contributed by atoms with E-state index in [9.17, 15) is 15.2 Å². The second kappa shape index (κ2) is 8.14. The quantitative estimate of drug-likeness (QED) is 0.457. The van der Waals surface area contributed by atoms with Crippen LogP contribution in [-0.2, 0) is 4.79 Å². The van der Waals surface area contributed by atoms with Gasteiger partial charge in [-0.25, -0.2) is 0 Å². The number of methoxy groups -OCH3 is 1. The monoisotopic (exact) mass is 373 g/mol. The number of hydrogen-bond donors (Lipinski definition) is 3. The third-order valence-electron chi connectivity index (χ3n) is 4.24. The summed E-state index contributed by atoms with van der Waals surface area (Å²) >= 11 is 0. The van der Waals surface area contributed by atoms with E-state index in [1.807, 2.05) is 25.1 Å². The molecule has 3 rings (SSSR count). The number of ether oxygens (including phenoxy) is 1. The largest absolute Gasteiger partial charge is 0.507 e. The standard InChI is InChI=1S/C22H19N3O3/c1-14-9-10-21(28-2)19(11-14)24-13-15(12-23)22(27)25-18-7-3-6-17-16(18)5-4-8-20(17)26/h3-11,13,24,26H,1-2H3,(H,25,27)/b15-13-. The molecule has 3 aromatic rings. The maximum absolute atomic E-state index is 12.6. The fourth-order valence-corrected chi connectivity index (χ4v) is 2.83. The van der Waals surface area contributed by atoms with E-state index in [2.05, 4.69) is 10.6 Å². The van der Waals surface area contributed by atoms with Crippen molar-refractivity contribution in [2.75, 3.05) is 17.7 Å². The van der Waals surface area contributed by atoms with E-state index in [0.29, 0.717) is 27.9 Å². The number of hydrogen-bond acceptors (Lipinski definition) is 5. The number of rotatable bonds is 5. The van der Waals surface area contributed by atoms with Crippen LogP contribution < -0.4 is 15.4 Å². The summed E-state index contributed by atoms with van der Waals surface area (Å²) in [5.74, 6) is 0.166. The topological polar surface area (TPSA) is 94.4 Å². The highest BCUT2D eigenvalue weighted by molar-refractivity contribution is 6.11. The van der Waals surface area contributed by atoms with Crippen molar-refractivity contribution in [3.8, 4) is 17.6 Å². The molecule has 0 saturated carbocycles. The molecular weight excluding hydrogens is 354 g/mol. The molecule has 3 N–H and O–H groups in total. The minimum absolute atomic E-state index is 0.0966. The van der Waals surface area contributed by atoms with Gasteiger partial charge >= 0.3 is 0 Å². The van der Waals surface area contributed by atoms with Gasteiger partial charge in [0.05, 0.1) is 12.8 Å². The molecule has 0 spiro atoms. The van der Waals surface area contributed by atoms with Crippen molar-refractivity contribution >= 4 is 28.1 Å². The van der Waals surface area contributed by atoms with E-state index >= 15 is 0 Å². The lowest BCUT2D eigenvalue weighted by Crippen LogP contribution is -2.15. The summed E-state index contributed by atoms with van der Waals surface area (Å²) in [6.45, 7) is 1.93. The third-order valence-corrected chi connectivity index (χ3v) is 4.24. The fraction of sp³-hybridized carbons (Fsp3) is 0.0909. The number of aryl methyl sites for hydroxylation is 1. The lowest BCUT2D eigenvalue weighted by molar-refractivity contribution is -0.112. The van der Waals surface area contributed by atoms with Crippen LogP contribution in [0, 0.1) is 18.3 Å². The second-order valence-corrected chi connectivity index (χ2v) is 6.15. The Kier molecular flexibility index (Phi) is 5.47. The number of nitrogens with one attached hydrogen (secondary N) is 2. The predicted molar refractivity (Wildman–Crippen MR) is 109 cm³/mol. The molecule has 0 aromatic heterocycles. The number of phenolic OH excluding ortho intramolecular Hbond substituents is 1. The van der Waals surface area contributed by atoms with E-state index < -0.39 is 5.91 Å². The van der Waals surface area contributed by atoms with Crippen molar-refractivity contribution in [1.82, 2.24) is 0 Å². The number of anilines is 2. The predicted octanol–water partition coefficient (Wildman–Crippen LogP) is 4.32. The highest BCUT2D eigenvalue weighted by Gasteiger charge is 2.12. The SMILES string of the molecule is COc1ccc(C)cc1N/C=C(/C#N)C(=O)Nc1cccc2c(O)cccc12. The van der Waals surface area contributed by atoms with Gasteiger partial charge in [-0.2, -0.15) is 5.26 Å². The first kappa shape index (κ1) is 18.8. The lowest BCUT2D eigenvalue weighted by Gasteiger charge is -2.11. The first-order chi connectivity index (χ1) is 13.5. The van der Waals surface area contributed by atoms with Crippen LogP contribution in [0.25, 0.3) is 10.8 Å². The van der Waals surface area contributed by atoms with Crippen molar-refractivity contribution in [3.05, 3.63) is 71.9 Å². The van der Waals surface area contributed by atoms with Crippen molar-refractivity contribution in [1.29, 1.82) is 5.26 Å². The number of phenols is 1. The molecule has 0 aliphatic carbocycles. The summed E-state index contributed by atoms with van der Waals surface area (Å²) in [5.41, 5.74) is 2.07. The first-order valence-corrected chi connectivity index (χ1v) is 8.57. The Bertz CT molecular complexity index is 1110. The zero-order chi connectivity index (χ0) is 20.1. The van der Waals surface area contributed by atoms with Crippen molar-refractivity contribution < 1.29 is 14.6 Å². The molecule has 0 bridgehead atoms. The highest BCUT2D eigenvalue weighted by Crippen LogP contribution is 2.30. The van der Waals surface area contributed by atoms with Crippen LogP contribution in [0.1, 0.15) is 5.56 Å². The van der Waals surface area contributed by atoms with Crippen LogP contribution >= 0.6 is 0 Å². The zero-order valence-electron chi connectivity index (χ0n) is 15.5. The molecule has 0 aliphatic heterocycles. The molecule has 0 radical (unpaired) electrons. The molecule has 0 saturated heterocycles. The van der Waals surface area contributed by atoms with Gasteiger partial charge in [0.15, 0.2) is 0 Å². The van der Waals surface area contributed by atoms with E-state index in [1.165, 1.54) is 6.20 Å². The van der Waals surface area contributed by atoms with Crippen LogP contribution in [0.15, 0.2) is 66.4 Å². The van der Waals surface area contributed by atoms with Crippen molar-refractivity contribution in [2.24, 2.45) is 0 Å². The average Bonchev–Trinajstić information content (AvgIpc) is 2.69.